The van der Waals surface area contributed by atoms with E-state index in [4.69, 9.17) is 10.9 Å². The van der Waals surface area contributed by atoms with Crippen LogP contribution in [0.15, 0.2) is 0 Å². The standard InChI is InChI=1S/C11H19F2N5O/c1-5(2)9-16-10(6(3)11(17-9)18-14)15-4-7(19)8(12)13/h5,7-8,19H,4,14H2,1-3H3,(H2,15,16,17,18). The third-order valence-electron chi connectivity index (χ3n) is 2.59. The summed E-state index contributed by atoms with van der Waals surface area (Å²) in [6, 6.07) is 0. The topological polar surface area (TPSA) is 96.1 Å². The first kappa shape index (κ1) is 15.5. The van der Waals surface area contributed by atoms with Crippen LogP contribution in [0.25, 0.3) is 0 Å². The van der Waals surface area contributed by atoms with Gasteiger partial charge in [0, 0.05) is 18.0 Å². The maximum atomic E-state index is 12.2. The molecule has 0 radical (unpaired) electrons. The van der Waals surface area contributed by atoms with Crippen molar-refractivity contribution in [2.45, 2.75) is 39.2 Å². The van der Waals surface area contributed by atoms with Gasteiger partial charge in [0.1, 0.15) is 23.6 Å². The van der Waals surface area contributed by atoms with Gasteiger partial charge in [0.25, 0.3) is 6.43 Å². The predicted octanol–water partition coefficient (Wildman–Crippen LogP) is 1.23. The van der Waals surface area contributed by atoms with Gasteiger partial charge in [-0.3, -0.25) is 0 Å². The van der Waals surface area contributed by atoms with E-state index < -0.39 is 12.5 Å². The Hall–Kier alpha value is -1.54. The van der Waals surface area contributed by atoms with E-state index in [1.54, 1.807) is 6.92 Å². The number of aromatic nitrogens is 2. The molecule has 0 bridgehead atoms. The van der Waals surface area contributed by atoms with E-state index in [2.05, 4.69) is 20.7 Å². The molecule has 0 aliphatic carbocycles. The Balaban J connectivity index is 2.95. The first-order valence-electron chi connectivity index (χ1n) is 5.92. The second-order valence-electron chi connectivity index (χ2n) is 4.49. The molecular formula is C11H19F2N5O. The minimum Gasteiger partial charge on any atom is -0.385 e. The van der Waals surface area contributed by atoms with E-state index in [-0.39, 0.29) is 12.5 Å². The number of alkyl halides is 2. The van der Waals surface area contributed by atoms with E-state index in [9.17, 15) is 8.78 Å². The number of hydrogen-bond acceptors (Lipinski definition) is 6. The molecule has 6 nitrogen and oxygen atoms in total. The fourth-order valence-electron chi connectivity index (χ4n) is 1.40. The Kier molecular flexibility index (Phi) is 5.37. The van der Waals surface area contributed by atoms with Crippen LogP contribution in [0.2, 0.25) is 0 Å². The lowest BCUT2D eigenvalue weighted by Gasteiger charge is -2.16. The highest BCUT2D eigenvalue weighted by Gasteiger charge is 2.18. The van der Waals surface area contributed by atoms with E-state index in [1.807, 2.05) is 13.8 Å². The Bertz CT molecular complexity index is 428. The number of nitrogens with one attached hydrogen (secondary N) is 2. The van der Waals surface area contributed by atoms with Crippen molar-refractivity contribution in [3.8, 4) is 0 Å². The minimum absolute atomic E-state index is 0.0632. The highest BCUT2D eigenvalue weighted by molar-refractivity contribution is 5.56. The number of aliphatic hydroxyl groups excluding tert-OH is 1. The normalized spacial score (nSPS) is 12.9. The molecule has 0 spiro atoms. The van der Waals surface area contributed by atoms with Gasteiger partial charge in [-0.15, -0.1) is 0 Å². The van der Waals surface area contributed by atoms with Crippen LogP contribution in [0.1, 0.15) is 31.2 Å². The zero-order valence-electron chi connectivity index (χ0n) is 11.1. The zero-order valence-corrected chi connectivity index (χ0v) is 11.1. The van der Waals surface area contributed by atoms with E-state index in [1.165, 1.54) is 0 Å². The van der Waals surface area contributed by atoms with Crippen molar-refractivity contribution in [3.05, 3.63) is 11.4 Å². The van der Waals surface area contributed by atoms with Gasteiger partial charge in [-0.2, -0.15) is 0 Å². The number of nitrogen functional groups attached to an aromatic ring is 1. The SMILES string of the molecule is Cc1c(NN)nc(C(C)C)nc1NCC(O)C(F)F. The molecule has 0 aliphatic heterocycles. The zero-order chi connectivity index (χ0) is 14.6. The minimum atomic E-state index is -2.80. The number of anilines is 2. The summed E-state index contributed by atoms with van der Waals surface area (Å²) in [5.74, 6) is 6.76. The van der Waals surface area contributed by atoms with Gasteiger partial charge < -0.3 is 15.8 Å². The summed E-state index contributed by atoms with van der Waals surface area (Å²) in [7, 11) is 0. The summed E-state index contributed by atoms with van der Waals surface area (Å²) in [5, 5.41) is 11.8. The average molecular weight is 275 g/mol. The summed E-state index contributed by atoms with van der Waals surface area (Å²) in [5.41, 5.74) is 3.04. The Morgan fingerprint density at radius 1 is 1.26 bits per heavy atom. The highest BCUT2D eigenvalue weighted by Crippen LogP contribution is 2.22. The smallest absolute Gasteiger partial charge is 0.265 e. The third-order valence-corrected chi connectivity index (χ3v) is 2.59. The fraction of sp³-hybridized carbons (Fsp3) is 0.636. The lowest BCUT2D eigenvalue weighted by molar-refractivity contribution is 0.00380. The quantitative estimate of drug-likeness (QED) is 0.461. The van der Waals surface area contributed by atoms with E-state index >= 15 is 0 Å². The molecule has 1 heterocycles. The van der Waals surface area contributed by atoms with Crippen molar-refractivity contribution in [1.29, 1.82) is 0 Å². The molecule has 0 amide bonds. The molecule has 0 aromatic carbocycles. The summed E-state index contributed by atoms with van der Waals surface area (Å²) in [6.07, 6.45) is -4.54. The maximum absolute atomic E-state index is 12.2. The lowest BCUT2D eigenvalue weighted by Crippen LogP contribution is -2.27. The van der Waals surface area contributed by atoms with Gasteiger partial charge >= 0.3 is 0 Å². The third kappa shape index (κ3) is 3.97. The number of halogens is 2. The highest BCUT2D eigenvalue weighted by atomic mass is 19.3. The number of nitrogens with two attached hydrogens (primary N) is 1. The van der Waals surface area contributed by atoms with Crippen LogP contribution in [0.3, 0.4) is 0 Å². The van der Waals surface area contributed by atoms with Crippen molar-refractivity contribution >= 4 is 11.6 Å². The maximum Gasteiger partial charge on any atom is 0.265 e. The molecule has 0 aliphatic rings. The van der Waals surface area contributed by atoms with Gasteiger partial charge in [0.05, 0.1) is 0 Å². The molecule has 19 heavy (non-hydrogen) atoms. The molecule has 0 fully saturated rings. The molecule has 1 unspecified atom stereocenters. The Morgan fingerprint density at radius 3 is 2.32 bits per heavy atom. The van der Waals surface area contributed by atoms with Crippen LogP contribution in [-0.4, -0.2) is 34.1 Å². The van der Waals surface area contributed by atoms with Gasteiger partial charge in [0.15, 0.2) is 0 Å². The summed E-state index contributed by atoms with van der Waals surface area (Å²) in [6.45, 7) is 5.22. The molecule has 5 N–H and O–H groups in total. The van der Waals surface area contributed by atoms with Crippen LogP contribution < -0.4 is 16.6 Å². The van der Waals surface area contributed by atoms with Crippen LogP contribution in [0.4, 0.5) is 20.4 Å². The van der Waals surface area contributed by atoms with E-state index in [0.717, 1.165) is 0 Å². The molecular weight excluding hydrogens is 256 g/mol. The molecule has 8 heteroatoms. The largest absolute Gasteiger partial charge is 0.385 e. The second kappa shape index (κ2) is 6.58. The van der Waals surface area contributed by atoms with Gasteiger partial charge in [-0.1, -0.05) is 13.8 Å². The molecule has 0 saturated carbocycles. The van der Waals surface area contributed by atoms with Crippen molar-refractivity contribution in [2.75, 3.05) is 17.3 Å². The molecule has 1 aromatic heterocycles. The van der Waals surface area contributed by atoms with Gasteiger partial charge in [0.2, 0.25) is 0 Å². The molecule has 1 atom stereocenters. The number of nitrogens with zero attached hydrogens (tertiary/aromatic N) is 2. The second-order valence-corrected chi connectivity index (χ2v) is 4.49. The Labute approximate surface area is 110 Å². The number of rotatable bonds is 6. The monoisotopic (exact) mass is 275 g/mol. The fourth-order valence-corrected chi connectivity index (χ4v) is 1.40. The lowest BCUT2D eigenvalue weighted by atomic mass is 10.2. The molecule has 108 valence electrons. The van der Waals surface area contributed by atoms with Crippen LogP contribution in [0, 0.1) is 6.92 Å². The Morgan fingerprint density at radius 2 is 1.84 bits per heavy atom. The van der Waals surface area contributed by atoms with Crippen LogP contribution in [0.5, 0.6) is 0 Å². The van der Waals surface area contributed by atoms with Crippen molar-refractivity contribution in [3.63, 3.8) is 0 Å². The number of hydrogen-bond donors (Lipinski definition) is 4. The number of aliphatic hydroxyl groups is 1. The van der Waals surface area contributed by atoms with Crippen molar-refractivity contribution < 1.29 is 13.9 Å². The van der Waals surface area contributed by atoms with Crippen molar-refractivity contribution in [1.82, 2.24) is 9.97 Å². The summed E-state index contributed by atoms with van der Waals surface area (Å²) in [4.78, 5) is 8.45. The predicted molar refractivity (Wildman–Crippen MR) is 69.2 cm³/mol. The summed E-state index contributed by atoms with van der Waals surface area (Å²) >= 11 is 0. The average Bonchev–Trinajstić information content (AvgIpc) is 2.36. The molecule has 1 aromatic rings. The van der Waals surface area contributed by atoms with Gasteiger partial charge in [-0.25, -0.2) is 24.6 Å². The van der Waals surface area contributed by atoms with Gasteiger partial charge in [-0.05, 0) is 6.92 Å². The molecule has 1 rings (SSSR count). The van der Waals surface area contributed by atoms with Crippen molar-refractivity contribution in [2.24, 2.45) is 5.84 Å². The summed E-state index contributed by atoms with van der Waals surface area (Å²) < 4.78 is 24.5. The molecule has 0 saturated heterocycles. The van der Waals surface area contributed by atoms with E-state index in [0.29, 0.717) is 23.0 Å². The van der Waals surface area contributed by atoms with Crippen LogP contribution >= 0.6 is 0 Å². The first-order chi connectivity index (χ1) is 8.86. The number of hydrazine groups is 1. The first-order valence-corrected chi connectivity index (χ1v) is 5.92. The van der Waals surface area contributed by atoms with Crippen LogP contribution in [-0.2, 0) is 0 Å².